The Morgan fingerprint density at radius 2 is 2.12 bits per heavy atom. The fraction of sp³-hybridized carbons (Fsp3) is 0.923. The van der Waals surface area contributed by atoms with Crippen molar-refractivity contribution in [3.63, 3.8) is 0 Å². The third kappa shape index (κ3) is 3.68. The van der Waals surface area contributed by atoms with Crippen LogP contribution < -0.4 is 5.32 Å². The van der Waals surface area contributed by atoms with Gasteiger partial charge in [0.25, 0.3) is 0 Å². The lowest BCUT2D eigenvalue weighted by Crippen LogP contribution is -2.61. The number of hydrogen-bond donors (Lipinski definition) is 1. The first-order valence-electron chi connectivity index (χ1n) is 6.40. The maximum Gasteiger partial charge on any atom is 0.326 e. The molecule has 0 saturated carbocycles. The predicted octanol–water partition coefficient (Wildman–Crippen LogP) is 1.88. The third-order valence-corrected chi connectivity index (χ3v) is 2.98. The van der Waals surface area contributed by atoms with Gasteiger partial charge in [-0.1, -0.05) is 0 Å². The topological polar surface area (TPSA) is 47.6 Å². The summed E-state index contributed by atoms with van der Waals surface area (Å²) in [4.78, 5) is 12.2. The molecule has 0 radical (unpaired) electrons. The quantitative estimate of drug-likeness (QED) is 0.766. The van der Waals surface area contributed by atoms with Crippen LogP contribution in [0.25, 0.3) is 0 Å². The summed E-state index contributed by atoms with van der Waals surface area (Å²) in [5.41, 5.74) is -0.876. The Kier molecular flexibility index (Phi) is 4.55. The molecule has 1 rings (SSSR count). The molecule has 1 atom stereocenters. The highest BCUT2D eigenvalue weighted by Crippen LogP contribution is 2.33. The van der Waals surface area contributed by atoms with Gasteiger partial charge in [-0.2, -0.15) is 0 Å². The molecule has 0 bridgehead atoms. The Morgan fingerprint density at radius 3 is 2.59 bits per heavy atom. The second-order valence-electron chi connectivity index (χ2n) is 5.64. The van der Waals surface area contributed by atoms with Gasteiger partial charge in [0.1, 0.15) is 5.54 Å². The van der Waals surface area contributed by atoms with Crippen molar-refractivity contribution in [2.24, 2.45) is 0 Å². The largest absolute Gasteiger partial charge is 0.465 e. The van der Waals surface area contributed by atoms with E-state index in [1.807, 2.05) is 34.6 Å². The number of nitrogens with one attached hydrogen (secondary N) is 1. The van der Waals surface area contributed by atoms with Crippen molar-refractivity contribution in [2.75, 3.05) is 13.2 Å². The lowest BCUT2D eigenvalue weighted by molar-refractivity contribution is -0.164. The summed E-state index contributed by atoms with van der Waals surface area (Å²) in [6.07, 6.45) is 1.32. The van der Waals surface area contributed by atoms with Gasteiger partial charge in [0.05, 0.1) is 12.2 Å². The van der Waals surface area contributed by atoms with E-state index >= 15 is 0 Å². The van der Waals surface area contributed by atoms with Gasteiger partial charge in [0.2, 0.25) is 0 Å². The lowest BCUT2D eigenvalue weighted by Gasteiger charge is -2.44. The molecule has 4 nitrogen and oxygen atoms in total. The van der Waals surface area contributed by atoms with E-state index in [2.05, 4.69) is 5.32 Å². The number of hydrogen-bond acceptors (Lipinski definition) is 4. The molecule has 1 unspecified atom stereocenters. The average molecular weight is 243 g/mol. The normalized spacial score (nSPS) is 28.1. The van der Waals surface area contributed by atoms with E-state index in [0.717, 1.165) is 0 Å². The van der Waals surface area contributed by atoms with E-state index in [4.69, 9.17) is 9.47 Å². The Labute approximate surface area is 104 Å². The Hall–Kier alpha value is -0.610. The van der Waals surface area contributed by atoms with Crippen LogP contribution in [0.5, 0.6) is 0 Å². The Morgan fingerprint density at radius 1 is 1.47 bits per heavy atom. The van der Waals surface area contributed by atoms with Gasteiger partial charge in [-0.15, -0.1) is 0 Å². The first-order valence-corrected chi connectivity index (χ1v) is 6.40. The number of ether oxygens (including phenoxy) is 2. The fourth-order valence-electron chi connectivity index (χ4n) is 2.55. The fourth-order valence-corrected chi connectivity index (χ4v) is 2.55. The van der Waals surface area contributed by atoms with Gasteiger partial charge in [-0.25, -0.2) is 0 Å². The average Bonchev–Trinajstić information content (AvgIpc) is 2.15. The first kappa shape index (κ1) is 14.5. The summed E-state index contributed by atoms with van der Waals surface area (Å²) in [6, 6.07) is 0.244. The Balaban J connectivity index is 2.89. The van der Waals surface area contributed by atoms with Crippen LogP contribution in [0.3, 0.4) is 0 Å². The van der Waals surface area contributed by atoms with E-state index in [0.29, 0.717) is 26.1 Å². The zero-order chi connectivity index (χ0) is 13.1. The molecule has 0 amide bonds. The monoisotopic (exact) mass is 243 g/mol. The van der Waals surface area contributed by atoms with Gasteiger partial charge in [0.15, 0.2) is 0 Å². The van der Waals surface area contributed by atoms with E-state index in [-0.39, 0.29) is 17.6 Å². The summed E-state index contributed by atoms with van der Waals surface area (Å²) in [5.74, 6) is -0.148. The smallest absolute Gasteiger partial charge is 0.326 e. The summed E-state index contributed by atoms with van der Waals surface area (Å²) in [7, 11) is 0. The summed E-state index contributed by atoms with van der Waals surface area (Å²) in [6.45, 7) is 11.0. The van der Waals surface area contributed by atoms with Crippen LogP contribution >= 0.6 is 0 Å². The molecule has 1 aliphatic rings. The lowest BCUT2D eigenvalue weighted by atomic mass is 9.80. The molecule has 0 spiro atoms. The van der Waals surface area contributed by atoms with Crippen molar-refractivity contribution < 1.29 is 14.3 Å². The molecule has 0 aliphatic carbocycles. The number of carbonyl (C=O) groups is 1. The van der Waals surface area contributed by atoms with Crippen molar-refractivity contribution in [1.29, 1.82) is 0 Å². The molecule has 1 fully saturated rings. The van der Waals surface area contributed by atoms with Gasteiger partial charge < -0.3 is 9.47 Å². The second kappa shape index (κ2) is 5.36. The molecule has 0 aromatic carbocycles. The maximum absolute atomic E-state index is 12.2. The van der Waals surface area contributed by atoms with Gasteiger partial charge >= 0.3 is 5.97 Å². The second-order valence-corrected chi connectivity index (χ2v) is 5.64. The van der Waals surface area contributed by atoms with Gasteiger partial charge in [0, 0.05) is 19.1 Å². The van der Waals surface area contributed by atoms with Crippen LogP contribution in [-0.4, -0.2) is 36.4 Å². The maximum atomic E-state index is 12.2. The molecule has 100 valence electrons. The summed E-state index contributed by atoms with van der Waals surface area (Å²) < 4.78 is 10.9. The molecule has 4 heteroatoms. The van der Waals surface area contributed by atoms with Crippen LogP contribution in [0.15, 0.2) is 0 Å². The van der Waals surface area contributed by atoms with Gasteiger partial charge in [-0.05, 0) is 41.0 Å². The van der Waals surface area contributed by atoms with Gasteiger partial charge in [-0.3, -0.25) is 10.1 Å². The van der Waals surface area contributed by atoms with Crippen molar-refractivity contribution in [3.8, 4) is 0 Å². The molecular formula is C13H25NO3. The minimum Gasteiger partial charge on any atom is -0.465 e. The molecule has 0 aromatic rings. The number of rotatable bonds is 4. The zero-order valence-electron chi connectivity index (χ0n) is 11.6. The molecule has 1 heterocycles. The third-order valence-electron chi connectivity index (χ3n) is 2.98. The highest BCUT2D eigenvalue weighted by Gasteiger charge is 2.47. The van der Waals surface area contributed by atoms with E-state index in [1.165, 1.54) is 0 Å². The van der Waals surface area contributed by atoms with Crippen LogP contribution in [-0.2, 0) is 14.3 Å². The Bertz CT molecular complexity index is 276. The number of esters is 1. The SMILES string of the molecule is CCOC(=O)C1(NC(C)C)CCOC(C)(C)C1. The molecule has 1 saturated heterocycles. The molecule has 1 aliphatic heterocycles. The molecular weight excluding hydrogens is 218 g/mol. The van der Waals surface area contributed by atoms with E-state index < -0.39 is 5.54 Å². The summed E-state index contributed by atoms with van der Waals surface area (Å²) >= 11 is 0. The highest BCUT2D eigenvalue weighted by molar-refractivity contribution is 5.81. The van der Waals surface area contributed by atoms with E-state index in [1.54, 1.807) is 0 Å². The predicted molar refractivity (Wildman–Crippen MR) is 66.9 cm³/mol. The molecule has 17 heavy (non-hydrogen) atoms. The van der Waals surface area contributed by atoms with Crippen molar-refractivity contribution in [2.45, 2.75) is 64.6 Å². The number of carbonyl (C=O) groups excluding carboxylic acids is 1. The molecule has 1 N–H and O–H groups in total. The van der Waals surface area contributed by atoms with Crippen LogP contribution in [0.1, 0.15) is 47.5 Å². The first-order chi connectivity index (χ1) is 7.81. The minimum absolute atomic E-state index is 0.148. The van der Waals surface area contributed by atoms with Crippen LogP contribution in [0.2, 0.25) is 0 Å². The van der Waals surface area contributed by atoms with Crippen molar-refractivity contribution in [3.05, 3.63) is 0 Å². The van der Waals surface area contributed by atoms with Crippen molar-refractivity contribution >= 4 is 5.97 Å². The summed E-state index contributed by atoms with van der Waals surface area (Å²) in [5, 5.41) is 3.38. The van der Waals surface area contributed by atoms with Crippen LogP contribution in [0, 0.1) is 0 Å². The standard InChI is InChI=1S/C13H25NO3/c1-6-16-11(15)13(14-10(2)3)7-8-17-12(4,5)9-13/h10,14H,6-9H2,1-5H3. The van der Waals surface area contributed by atoms with Crippen molar-refractivity contribution in [1.82, 2.24) is 5.32 Å². The van der Waals surface area contributed by atoms with Crippen LogP contribution in [0.4, 0.5) is 0 Å². The molecule has 0 aromatic heterocycles. The van der Waals surface area contributed by atoms with E-state index in [9.17, 15) is 4.79 Å². The zero-order valence-corrected chi connectivity index (χ0v) is 11.6. The highest BCUT2D eigenvalue weighted by atomic mass is 16.5. The minimum atomic E-state index is -0.591.